The summed E-state index contributed by atoms with van der Waals surface area (Å²) < 4.78 is 18.4. The summed E-state index contributed by atoms with van der Waals surface area (Å²) in [7, 11) is 1.29. The molecule has 0 aliphatic heterocycles. The van der Waals surface area contributed by atoms with Crippen LogP contribution in [0.2, 0.25) is 5.02 Å². The van der Waals surface area contributed by atoms with Crippen LogP contribution >= 0.6 is 34.7 Å². The Hall–Kier alpha value is -1.57. The van der Waals surface area contributed by atoms with E-state index in [4.69, 9.17) is 16.3 Å². The highest BCUT2D eigenvalue weighted by Gasteiger charge is 2.19. The van der Waals surface area contributed by atoms with Gasteiger partial charge in [-0.25, -0.2) is 9.18 Å². The number of rotatable bonds is 6. The lowest BCUT2D eigenvalue weighted by atomic mass is 10.2. The summed E-state index contributed by atoms with van der Waals surface area (Å²) >= 11 is 8.45. The second kappa shape index (κ2) is 8.50. The van der Waals surface area contributed by atoms with Crippen molar-refractivity contribution in [3.05, 3.63) is 51.1 Å². The summed E-state index contributed by atoms with van der Waals surface area (Å²) in [6, 6.07) is 4.47. The molecule has 0 unspecified atom stereocenters. The van der Waals surface area contributed by atoms with Crippen LogP contribution < -0.4 is 5.32 Å². The molecule has 0 bridgehead atoms. The standard InChI is InChI=1S/C16H15ClFNO3S2/c1-9-6-24-15(14(9)16(21)22-2)19-13(20)8-23-7-10-11(17)4-3-5-12(10)18/h3-6H,7-8H2,1-2H3,(H,19,20). The first-order chi connectivity index (χ1) is 11.4. The van der Waals surface area contributed by atoms with Crippen LogP contribution in [-0.4, -0.2) is 24.7 Å². The molecule has 0 saturated carbocycles. The highest BCUT2D eigenvalue weighted by molar-refractivity contribution is 7.99. The fraction of sp³-hybridized carbons (Fsp3) is 0.250. The van der Waals surface area contributed by atoms with Gasteiger partial charge in [0, 0.05) is 16.3 Å². The fourth-order valence-electron chi connectivity index (χ4n) is 1.97. The number of thioether (sulfide) groups is 1. The summed E-state index contributed by atoms with van der Waals surface area (Å²) in [5, 5.41) is 5.26. The normalized spacial score (nSPS) is 10.5. The van der Waals surface area contributed by atoms with Crippen molar-refractivity contribution in [2.24, 2.45) is 0 Å². The third-order valence-corrected chi connectivity index (χ3v) is 5.49. The van der Waals surface area contributed by atoms with Gasteiger partial charge in [0.1, 0.15) is 10.8 Å². The van der Waals surface area contributed by atoms with Gasteiger partial charge in [-0.05, 0) is 30.0 Å². The van der Waals surface area contributed by atoms with Crippen molar-refractivity contribution < 1.29 is 18.7 Å². The van der Waals surface area contributed by atoms with Gasteiger partial charge in [0.05, 0.1) is 18.4 Å². The van der Waals surface area contributed by atoms with E-state index in [1.54, 1.807) is 18.4 Å². The lowest BCUT2D eigenvalue weighted by molar-refractivity contribution is -0.113. The maximum atomic E-state index is 13.7. The van der Waals surface area contributed by atoms with Crippen LogP contribution in [0.3, 0.4) is 0 Å². The number of esters is 1. The van der Waals surface area contributed by atoms with Crippen LogP contribution in [0.15, 0.2) is 23.6 Å². The Morgan fingerprint density at radius 1 is 1.42 bits per heavy atom. The van der Waals surface area contributed by atoms with Gasteiger partial charge in [0.2, 0.25) is 5.91 Å². The van der Waals surface area contributed by atoms with Gasteiger partial charge in [-0.15, -0.1) is 23.1 Å². The molecule has 128 valence electrons. The number of hydrogen-bond acceptors (Lipinski definition) is 5. The first-order valence-corrected chi connectivity index (χ1v) is 9.32. The molecular formula is C16H15ClFNO3S2. The highest BCUT2D eigenvalue weighted by Crippen LogP contribution is 2.29. The van der Waals surface area contributed by atoms with E-state index in [1.165, 1.54) is 42.3 Å². The second-order valence-electron chi connectivity index (χ2n) is 4.86. The van der Waals surface area contributed by atoms with E-state index in [9.17, 15) is 14.0 Å². The van der Waals surface area contributed by atoms with Crippen LogP contribution in [0.25, 0.3) is 0 Å². The number of ether oxygens (including phenoxy) is 1. The number of aryl methyl sites for hydroxylation is 1. The van der Waals surface area contributed by atoms with Gasteiger partial charge in [-0.3, -0.25) is 4.79 Å². The molecule has 24 heavy (non-hydrogen) atoms. The average Bonchev–Trinajstić information content (AvgIpc) is 2.90. The summed E-state index contributed by atoms with van der Waals surface area (Å²) in [6.45, 7) is 1.77. The number of anilines is 1. The second-order valence-corrected chi connectivity index (χ2v) is 7.13. The van der Waals surface area contributed by atoms with E-state index in [1.807, 2.05) is 0 Å². The fourth-order valence-corrected chi connectivity index (χ4v) is 4.08. The highest BCUT2D eigenvalue weighted by atomic mass is 35.5. The average molecular weight is 388 g/mol. The minimum atomic E-state index is -0.491. The van der Waals surface area contributed by atoms with Crippen LogP contribution in [0.4, 0.5) is 9.39 Å². The first-order valence-electron chi connectivity index (χ1n) is 6.91. The van der Waals surface area contributed by atoms with Crippen LogP contribution in [0, 0.1) is 12.7 Å². The molecule has 1 heterocycles. The third kappa shape index (κ3) is 4.49. The van der Waals surface area contributed by atoms with E-state index >= 15 is 0 Å². The first kappa shape index (κ1) is 18.8. The third-order valence-electron chi connectivity index (χ3n) is 3.16. The maximum absolute atomic E-state index is 13.7. The molecule has 2 aromatic rings. The number of thiophene rings is 1. The maximum Gasteiger partial charge on any atom is 0.341 e. The van der Waals surface area contributed by atoms with Crippen LogP contribution in [0.1, 0.15) is 21.5 Å². The van der Waals surface area contributed by atoms with Crippen molar-refractivity contribution in [2.75, 3.05) is 18.2 Å². The Bertz CT molecular complexity index is 744. The number of nitrogens with one attached hydrogen (secondary N) is 1. The van der Waals surface area contributed by atoms with Crippen molar-refractivity contribution in [2.45, 2.75) is 12.7 Å². The molecule has 2 rings (SSSR count). The number of benzene rings is 1. The minimum Gasteiger partial charge on any atom is -0.465 e. The lowest BCUT2D eigenvalue weighted by Gasteiger charge is -2.07. The zero-order valence-corrected chi connectivity index (χ0v) is 15.4. The molecule has 0 radical (unpaired) electrons. The Morgan fingerprint density at radius 2 is 2.17 bits per heavy atom. The zero-order valence-electron chi connectivity index (χ0n) is 13.0. The topological polar surface area (TPSA) is 55.4 Å². The SMILES string of the molecule is COC(=O)c1c(C)csc1NC(=O)CSCc1c(F)cccc1Cl. The Balaban J connectivity index is 1.94. The Morgan fingerprint density at radius 3 is 2.83 bits per heavy atom. The van der Waals surface area contributed by atoms with E-state index in [-0.39, 0.29) is 17.4 Å². The van der Waals surface area contributed by atoms with E-state index < -0.39 is 11.8 Å². The monoisotopic (exact) mass is 387 g/mol. The zero-order chi connectivity index (χ0) is 17.7. The largest absolute Gasteiger partial charge is 0.465 e. The summed E-state index contributed by atoms with van der Waals surface area (Å²) in [6.07, 6.45) is 0. The molecule has 0 aliphatic rings. The van der Waals surface area contributed by atoms with Crippen molar-refractivity contribution in [1.82, 2.24) is 0 Å². The number of hydrogen-bond donors (Lipinski definition) is 1. The molecule has 0 atom stereocenters. The molecule has 0 spiro atoms. The number of amides is 1. The van der Waals surface area contributed by atoms with Gasteiger partial charge < -0.3 is 10.1 Å². The number of carbonyl (C=O) groups excluding carboxylic acids is 2. The minimum absolute atomic E-state index is 0.113. The number of carbonyl (C=O) groups is 2. The molecule has 1 aromatic carbocycles. The van der Waals surface area contributed by atoms with Gasteiger partial charge in [0.15, 0.2) is 0 Å². The smallest absolute Gasteiger partial charge is 0.341 e. The summed E-state index contributed by atoms with van der Waals surface area (Å²) in [5.74, 6) is -0.763. The van der Waals surface area contributed by atoms with Crippen LogP contribution in [-0.2, 0) is 15.3 Å². The van der Waals surface area contributed by atoms with E-state index in [2.05, 4.69) is 5.32 Å². The van der Waals surface area contributed by atoms with Crippen LogP contribution in [0.5, 0.6) is 0 Å². The predicted octanol–water partition coefficient (Wildman–Crippen LogP) is 4.51. The molecule has 0 saturated heterocycles. The van der Waals surface area contributed by atoms with Gasteiger partial charge >= 0.3 is 5.97 Å². The quantitative estimate of drug-likeness (QED) is 0.741. The van der Waals surface area contributed by atoms with E-state index in [0.717, 1.165) is 5.56 Å². The summed E-state index contributed by atoms with van der Waals surface area (Å²) in [4.78, 5) is 23.8. The van der Waals surface area contributed by atoms with Gasteiger partial charge in [-0.2, -0.15) is 0 Å². The van der Waals surface area contributed by atoms with Crippen molar-refractivity contribution in [1.29, 1.82) is 0 Å². The molecule has 4 nitrogen and oxygen atoms in total. The molecule has 1 amide bonds. The molecule has 0 aliphatic carbocycles. The number of methoxy groups -OCH3 is 1. The molecule has 0 fully saturated rings. The van der Waals surface area contributed by atoms with Crippen molar-refractivity contribution in [3.63, 3.8) is 0 Å². The number of halogens is 2. The van der Waals surface area contributed by atoms with Crippen molar-refractivity contribution in [3.8, 4) is 0 Å². The lowest BCUT2D eigenvalue weighted by Crippen LogP contribution is -2.16. The summed E-state index contributed by atoms with van der Waals surface area (Å²) in [5.41, 5.74) is 1.48. The molecular weight excluding hydrogens is 373 g/mol. The molecule has 1 aromatic heterocycles. The predicted molar refractivity (Wildman–Crippen MR) is 96.6 cm³/mol. The van der Waals surface area contributed by atoms with Crippen molar-refractivity contribution >= 4 is 51.6 Å². The van der Waals surface area contributed by atoms with Gasteiger partial charge in [-0.1, -0.05) is 17.7 Å². The van der Waals surface area contributed by atoms with E-state index in [0.29, 0.717) is 21.2 Å². The Kier molecular flexibility index (Phi) is 6.65. The molecule has 8 heteroatoms. The van der Waals surface area contributed by atoms with Gasteiger partial charge in [0.25, 0.3) is 0 Å². The molecule has 1 N–H and O–H groups in total. The Labute approximate surface area is 152 Å².